The number of hydrogen-bond donors (Lipinski definition) is 2. The van der Waals surface area contributed by atoms with E-state index >= 15 is 0 Å². The van der Waals surface area contributed by atoms with Gasteiger partial charge in [-0.3, -0.25) is 14.2 Å². The highest BCUT2D eigenvalue weighted by atomic mass is 16.1. The first kappa shape index (κ1) is 28.2. The van der Waals surface area contributed by atoms with Gasteiger partial charge in [-0.1, -0.05) is 55.8 Å². The number of fused-ring (bicyclic) bond motifs is 1. The maximum Gasteiger partial charge on any atom is 0.267 e. The highest BCUT2D eigenvalue weighted by Gasteiger charge is 2.17. The molecule has 0 fully saturated rings. The first-order valence-electron chi connectivity index (χ1n) is 12.7. The molecule has 1 amide bonds. The maximum atomic E-state index is 13.4. The standard InChI is InChI=1S/C23H17N3O.C8H11N5O/c1-2-21-25-20-13-8-9-17(14-15-18-10-6-7-16-24-18)22(20)23(27)26(21)19-11-4-3-5-12-19;1-3-4-11-8-5(7(10)14)6(9)12-13(8)2/h3-13,16H,2H2,1H3;3-4H,1H2,2H3,(H2,9,12)(H2,10,14)/b;11-4-. The number of aliphatic imine (C=N–C) groups is 1. The van der Waals surface area contributed by atoms with E-state index in [0.717, 1.165) is 11.5 Å². The van der Waals surface area contributed by atoms with Gasteiger partial charge in [0.05, 0.1) is 16.6 Å². The molecule has 3 aromatic heterocycles. The number of carbonyl (C=O) groups excluding carboxylic acids is 1. The number of nitrogens with zero attached hydrogens (tertiary/aromatic N) is 6. The van der Waals surface area contributed by atoms with E-state index in [9.17, 15) is 9.59 Å². The molecule has 0 unspecified atom stereocenters. The molecule has 41 heavy (non-hydrogen) atoms. The Morgan fingerprint density at radius 2 is 1.83 bits per heavy atom. The first-order chi connectivity index (χ1) is 19.8. The number of rotatable bonds is 5. The molecule has 0 saturated heterocycles. The Hall–Kier alpha value is -5.82. The number of para-hydroxylation sites is 1. The number of aryl methyl sites for hydroxylation is 2. The molecule has 5 rings (SSSR count). The maximum absolute atomic E-state index is 13.4. The van der Waals surface area contributed by atoms with Crippen LogP contribution in [0.15, 0.2) is 95.4 Å². The quantitative estimate of drug-likeness (QED) is 0.255. The van der Waals surface area contributed by atoms with Crippen molar-refractivity contribution in [2.24, 2.45) is 17.8 Å². The van der Waals surface area contributed by atoms with E-state index < -0.39 is 5.91 Å². The summed E-state index contributed by atoms with van der Waals surface area (Å²) in [7, 11) is 1.62. The second-order valence-corrected chi connectivity index (χ2v) is 8.61. The summed E-state index contributed by atoms with van der Waals surface area (Å²) in [6.07, 6.45) is 5.27. The fraction of sp³-hybridized carbons (Fsp3) is 0.0968. The molecule has 0 aliphatic heterocycles. The molecule has 0 aliphatic carbocycles. The fourth-order valence-corrected chi connectivity index (χ4v) is 4.07. The number of nitrogen functional groups attached to an aromatic ring is 1. The number of pyridine rings is 1. The van der Waals surface area contributed by atoms with Crippen molar-refractivity contribution in [3.8, 4) is 17.5 Å². The third kappa shape index (κ3) is 6.26. The third-order valence-corrected chi connectivity index (χ3v) is 5.88. The van der Waals surface area contributed by atoms with Crippen LogP contribution in [0.25, 0.3) is 16.6 Å². The lowest BCUT2D eigenvalue weighted by Gasteiger charge is -2.13. The Kier molecular flexibility index (Phi) is 8.82. The van der Waals surface area contributed by atoms with Gasteiger partial charge in [-0.25, -0.2) is 19.6 Å². The number of nitrogens with two attached hydrogens (primary N) is 2. The van der Waals surface area contributed by atoms with Gasteiger partial charge in [0.25, 0.3) is 11.5 Å². The number of allylic oxidation sites excluding steroid dienone is 1. The van der Waals surface area contributed by atoms with Gasteiger partial charge in [0.2, 0.25) is 0 Å². The van der Waals surface area contributed by atoms with Crippen LogP contribution in [0.5, 0.6) is 0 Å². The van der Waals surface area contributed by atoms with E-state index in [0.29, 0.717) is 34.4 Å². The van der Waals surface area contributed by atoms with Crippen molar-refractivity contribution < 1.29 is 4.79 Å². The van der Waals surface area contributed by atoms with Gasteiger partial charge in [0.1, 0.15) is 17.1 Å². The van der Waals surface area contributed by atoms with E-state index in [1.165, 1.54) is 17.0 Å². The number of benzene rings is 2. The molecule has 0 atom stereocenters. The highest BCUT2D eigenvalue weighted by molar-refractivity contribution is 6.02. The summed E-state index contributed by atoms with van der Waals surface area (Å²) < 4.78 is 3.06. The lowest BCUT2D eigenvalue weighted by Crippen LogP contribution is -2.24. The van der Waals surface area contributed by atoms with Crippen molar-refractivity contribution in [2.75, 3.05) is 5.73 Å². The number of amides is 1. The van der Waals surface area contributed by atoms with Crippen LogP contribution in [0, 0.1) is 11.8 Å². The van der Waals surface area contributed by atoms with E-state index in [1.807, 2.05) is 73.7 Å². The van der Waals surface area contributed by atoms with Gasteiger partial charge in [0, 0.05) is 31.4 Å². The normalized spacial score (nSPS) is 10.5. The Balaban J connectivity index is 0.000000234. The summed E-state index contributed by atoms with van der Waals surface area (Å²) in [5.41, 5.74) is 13.4. The summed E-state index contributed by atoms with van der Waals surface area (Å²) in [5.74, 6) is 6.62. The fourth-order valence-electron chi connectivity index (χ4n) is 4.07. The minimum atomic E-state index is -0.646. The van der Waals surface area contributed by atoms with Crippen molar-refractivity contribution >= 4 is 34.7 Å². The highest BCUT2D eigenvalue weighted by Crippen LogP contribution is 2.23. The van der Waals surface area contributed by atoms with Crippen molar-refractivity contribution in [3.05, 3.63) is 119 Å². The largest absolute Gasteiger partial charge is 0.381 e. The molecular formula is C31H28N8O2. The molecule has 0 radical (unpaired) electrons. The zero-order chi connectivity index (χ0) is 29.4. The lowest BCUT2D eigenvalue weighted by molar-refractivity contribution is 0.100. The zero-order valence-electron chi connectivity index (χ0n) is 22.7. The summed E-state index contributed by atoms with van der Waals surface area (Å²) in [5, 5.41) is 4.36. The smallest absolute Gasteiger partial charge is 0.267 e. The molecule has 0 aliphatic rings. The van der Waals surface area contributed by atoms with Crippen LogP contribution in [0.2, 0.25) is 0 Å². The average molecular weight is 545 g/mol. The van der Waals surface area contributed by atoms with Crippen LogP contribution >= 0.6 is 0 Å². The number of anilines is 1. The summed E-state index contributed by atoms with van der Waals surface area (Å²) in [4.78, 5) is 37.3. The molecule has 2 aromatic carbocycles. The predicted molar refractivity (Wildman–Crippen MR) is 161 cm³/mol. The molecule has 0 spiro atoms. The van der Waals surface area contributed by atoms with Gasteiger partial charge in [-0.15, -0.1) is 0 Å². The van der Waals surface area contributed by atoms with Gasteiger partial charge < -0.3 is 11.5 Å². The molecular weight excluding hydrogens is 516 g/mol. The number of primary amides is 1. The van der Waals surface area contributed by atoms with E-state index in [2.05, 4.69) is 33.5 Å². The number of carbonyl (C=O) groups is 1. The van der Waals surface area contributed by atoms with Gasteiger partial charge in [-0.2, -0.15) is 5.10 Å². The van der Waals surface area contributed by atoms with Crippen LogP contribution in [-0.2, 0) is 13.5 Å². The zero-order valence-corrected chi connectivity index (χ0v) is 22.7. The second-order valence-electron chi connectivity index (χ2n) is 8.61. The molecule has 10 nitrogen and oxygen atoms in total. The molecule has 0 saturated carbocycles. The minimum absolute atomic E-state index is 0.0798. The summed E-state index contributed by atoms with van der Waals surface area (Å²) in [6.45, 7) is 5.46. The number of hydrogen-bond acceptors (Lipinski definition) is 7. The van der Waals surface area contributed by atoms with Crippen LogP contribution in [0.1, 0.15) is 34.4 Å². The van der Waals surface area contributed by atoms with E-state index in [4.69, 9.17) is 16.5 Å². The molecule has 10 heteroatoms. The lowest BCUT2D eigenvalue weighted by atomic mass is 10.1. The third-order valence-electron chi connectivity index (χ3n) is 5.88. The first-order valence-corrected chi connectivity index (χ1v) is 12.7. The Bertz CT molecular complexity index is 1860. The topological polar surface area (TPSA) is 147 Å². The van der Waals surface area contributed by atoms with Gasteiger partial charge in [0.15, 0.2) is 11.6 Å². The van der Waals surface area contributed by atoms with Crippen LogP contribution in [0.4, 0.5) is 11.6 Å². The molecule has 5 aromatic rings. The molecule has 4 N–H and O–H groups in total. The van der Waals surface area contributed by atoms with Crippen LogP contribution < -0.4 is 17.0 Å². The molecule has 204 valence electrons. The van der Waals surface area contributed by atoms with E-state index in [1.54, 1.807) is 17.8 Å². The average Bonchev–Trinajstić information content (AvgIpc) is 3.28. The summed E-state index contributed by atoms with van der Waals surface area (Å²) in [6, 6.07) is 20.7. The minimum Gasteiger partial charge on any atom is -0.381 e. The van der Waals surface area contributed by atoms with Crippen molar-refractivity contribution in [1.82, 2.24) is 24.3 Å². The van der Waals surface area contributed by atoms with E-state index in [-0.39, 0.29) is 16.9 Å². The summed E-state index contributed by atoms with van der Waals surface area (Å²) >= 11 is 0. The predicted octanol–water partition coefficient (Wildman–Crippen LogP) is 3.73. The van der Waals surface area contributed by atoms with Crippen LogP contribution in [0.3, 0.4) is 0 Å². The Morgan fingerprint density at radius 3 is 2.49 bits per heavy atom. The molecule has 0 bridgehead atoms. The van der Waals surface area contributed by atoms with Gasteiger partial charge >= 0.3 is 0 Å². The van der Waals surface area contributed by atoms with Gasteiger partial charge in [-0.05, 0) is 42.3 Å². The monoisotopic (exact) mass is 544 g/mol. The van der Waals surface area contributed by atoms with Crippen LogP contribution in [-0.4, -0.2) is 36.4 Å². The Labute approximate surface area is 236 Å². The van der Waals surface area contributed by atoms with Crippen molar-refractivity contribution in [2.45, 2.75) is 13.3 Å². The van der Waals surface area contributed by atoms with Crippen molar-refractivity contribution in [3.63, 3.8) is 0 Å². The van der Waals surface area contributed by atoms with Crippen molar-refractivity contribution in [1.29, 1.82) is 0 Å². The Morgan fingerprint density at radius 1 is 1.07 bits per heavy atom. The molecule has 3 heterocycles. The number of aromatic nitrogens is 5. The second kappa shape index (κ2) is 12.8. The SMILES string of the molecule is C=C/C=N\c1c(C(N)=O)c(N)nn1C.CCc1nc2cccc(C#Cc3ccccn3)c2c(=O)n1-c1ccccc1.